The Bertz CT molecular complexity index is 582. The zero-order valence-electron chi connectivity index (χ0n) is 12.9. The first-order valence-corrected chi connectivity index (χ1v) is 7.76. The molecular weight excluding hydrogens is 426 g/mol. The molecule has 4 nitrogen and oxygen atoms in total. The van der Waals surface area contributed by atoms with Crippen molar-refractivity contribution < 1.29 is 27.4 Å². The first-order valence-electron chi connectivity index (χ1n) is 6.68. The van der Waals surface area contributed by atoms with Crippen LogP contribution in [0.3, 0.4) is 0 Å². The molecule has 0 aliphatic heterocycles. The van der Waals surface area contributed by atoms with Gasteiger partial charge in [0, 0.05) is 6.42 Å². The summed E-state index contributed by atoms with van der Waals surface area (Å²) in [5.41, 5.74) is -1.83. The lowest BCUT2D eigenvalue weighted by Crippen LogP contribution is -2.35. The minimum absolute atomic E-state index is 0.0862. The predicted octanol–water partition coefficient (Wildman–Crippen LogP) is 4.37. The minimum atomic E-state index is -4.59. The molecule has 1 atom stereocenters. The van der Waals surface area contributed by atoms with Gasteiger partial charge in [0.15, 0.2) is 0 Å². The summed E-state index contributed by atoms with van der Waals surface area (Å²) in [5.74, 6) is -0.953. The van der Waals surface area contributed by atoms with Gasteiger partial charge >= 0.3 is 12.1 Å². The summed E-state index contributed by atoms with van der Waals surface area (Å²) >= 11 is 1.79. The Morgan fingerprint density at radius 3 is 2.48 bits per heavy atom. The van der Waals surface area contributed by atoms with Crippen LogP contribution in [0.4, 0.5) is 13.2 Å². The second-order valence-electron chi connectivity index (χ2n) is 5.65. The number of ether oxygens (including phenoxy) is 2. The van der Waals surface area contributed by atoms with Crippen LogP contribution in [0, 0.1) is 3.57 Å². The highest BCUT2D eigenvalue weighted by molar-refractivity contribution is 14.1. The fourth-order valence-electron chi connectivity index (χ4n) is 1.51. The molecule has 0 aliphatic rings. The van der Waals surface area contributed by atoms with E-state index in [0.29, 0.717) is 3.57 Å². The van der Waals surface area contributed by atoms with Crippen LogP contribution >= 0.6 is 22.6 Å². The van der Waals surface area contributed by atoms with Gasteiger partial charge in [0.05, 0.1) is 3.57 Å². The summed E-state index contributed by atoms with van der Waals surface area (Å²) in [7, 11) is 0. The largest absolute Gasteiger partial charge is 0.461 e. The quantitative estimate of drug-likeness (QED) is 0.386. The Labute approximate surface area is 146 Å². The van der Waals surface area contributed by atoms with Gasteiger partial charge in [0.2, 0.25) is 12.0 Å². The average Bonchev–Trinajstić information content (AvgIpc) is 2.37. The highest BCUT2D eigenvalue weighted by Gasteiger charge is 2.34. The van der Waals surface area contributed by atoms with E-state index in [1.807, 2.05) is 0 Å². The van der Waals surface area contributed by atoms with Gasteiger partial charge < -0.3 is 9.47 Å². The molecule has 0 radical (unpaired) electrons. The molecule has 1 heterocycles. The number of alkyl halides is 3. The molecule has 1 aromatic rings. The first kappa shape index (κ1) is 19.7. The van der Waals surface area contributed by atoms with E-state index >= 15 is 0 Å². The molecule has 1 aromatic heterocycles. The molecular formula is C15H17F3INO3. The van der Waals surface area contributed by atoms with Crippen LogP contribution in [-0.2, 0) is 15.7 Å². The van der Waals surface area contributed by atoms with Crippen molar-refractivity contribution in [1.82, 2.24) is 4.98 Å². The second kappa shape index (κ2) is 7.50. The van der Waals surface area contributed by atoms with Crippen LogP contribution in [0.1, 0.15) is 32.9 Å². The molecule has 0 spiro atoms. The zero-order chi connectivity index (χ0) is 17.8. The van der Waals surface area contributed by atoms with Gasteiger partial charge in [-0.15, -0.1) is 6.58 Å². The number of hydrogen-bond donors (Lipinski definition) is 0. The molecule has 0 aromatic carbocycles. The standard InChI is InChI=1S/C15H17F3INO3/c1-5-6-10(13(21)23-14(2,3)4)22-12-9(19)7-8-11(20-12)15(16,17)18/h5,7-8,10H,1,6H2,2-4H3. The van der Waals surface area contributed by atoms with Crippen molar-refractivity contribution in [2.45, 2.75) is 45.1 Å². The predicted molar refractivity (Wildman–Crippen MR) is 87.0 cm³/mol. The fourth-order valence-corrected chi connectivity index (χ4v) is 1.94. The summed E-state index contributed by atoms with van der Waals surface area (Å²) in [5, 5.41) is 0. The van der Waals surface area contributed by atoms with Crippen LogP contribution < -0.4 is 4.74 Å². The number of pyridine rings is 1. The van der Waals surface area contributed by atoms with Gasteiger partial charge in [-0.25, -0.2) is 9.78 Å². The minimum Gasteiger partial charge on any atom is -0.461 e. The Hall–Kier alpha value is -1.32. The Balaban J connectivity index is 3.05. The Morgan fingerprint density at radius 2 is 2.00 bits per heavy atom. The van der Waals surface area contributed by atoms with E-state index in [-0.39, 0.29) is 12.3 Å². The Morgan fingerprint density at radius 1 is 1.39 bits per heavy atom. The van der Waals surface area contributed by atoms with E-state index in [9.17, 15) is 18.0 Å². The summed E-state index contributed by atoms with van der Waals surface area (Å²) in [6.45, 7) is 8.56. The van der Waals surface area contributed by atoms with Gasteiger partial charge in [0.1, 0.15) is 11.3 Å². The lowest BCUT2D eigenvalue weighted by molar-refractivity contribution is -0.163. The van der Waals surface area contributed by atoms with Crippen molar-refractivity contribution >= 4 is 28.6 Å². The van der Waals surface area contributed by atoms with Crippen molar-refractivity contribution in [2.75, 3.05) is 0 Å². The lowest BCUT2D eigenvalue weighted by Gasteiger charge is -2.24. The Kier molecular flexibility index (Phi) is 6.43. The summed E-state index contributed by atoms with van der Waals surface area (Å²) < 4.78 is 49.1. The van der Waals surface area contributed by atoms with E-state index < -0.39 is 29.5 Å². The van der Waals surface area contributed by atoms with Gasteiger partial charge in [-0.2, -0.15) is 13.2 Å². The number of hydrogen-bond acceptors (Lipinski definition) is 4. The molecule has 0 fully saturated rings. The van der Waals surface area contributed by atoms with Crippen LogP contribution in [0.15, 0.2) is 24.8 Å². The fraction of sp³-hybridized carbons (Fsp3) is 0.467. The zero-order valence-corrected chi connectivity index (χ0v) is 15.1. The molecule has 0 saturated carbocycles. The topological polar surface area (TPSA) is 48.4 Å². The van der Waals surface area contributed by atoms with E-state index in [0.717, 1.165) is 6.07 Å². The molecule has 0 N–H and O–H groups in total. The normalized spacial score (nSPS) is 13.3. The lowest BCUT2D eigenvalue weighted by atomic mass is 10.2. The average molecular weight is 443 g/mol. The number of nitrogens with zero attached hydrogens (tertiary/aromatic N) is 1. The van der Waals surface area contributed by atoms with Crippen LogP contribution in [-0.4, -0.2) is 22.7 Å². The smallest absolute Gasteiger partial charge is 0.433 e. The van der Waals surface area contributed by atoms with Gasteiger partial charge in [-0.3, -0.25) is 0 Å². The maximum Gasteiger partial charge on any atom is 0.433 e. The number of rotatable bonds is 5. The van der Waals surface area contributed by atoms with Crippen LogP contribution in [0.25, 0.3) is 0 Å². The molecule has 0 bridgehead atoms. The maximum atomic E-state index is 12.7. The number of halogens is 4. The van der Waals surface area contributed by atoms with Crippen molar-refractivity contribution in [3.05, 3.63) is 34.1 Å². The molecule has 0 amide bonds. The number of carbonyl (C=O) groups is 1. The molecule has 23 heavy (non-hydrogen) atoms. The van der Waals surface area contributed by atoms with Gasteiger partial charge in [0.25, 0.3) is 0 Å². The van der Waals surface area contributed by atoms with Crippen molar-refractivity contribution in [1.29, 1.82) is 0 Å². The molecule has 0 aliphatic carbocycles. The second-order valence-corrected chi connectivity index (χ2v) is 6.81. The van der Waals surface area contributed by atoms with E-state index in [2.05, 4.69) is 11.6 Å². The van der Waals surface area contributed by atoms with Crippen LogP contribution in [0.5, 0.6) is 5.88 Å². The van der Waals surface area contributed by atoms with Gasteiger partial charge in [-0.05, 0) is 55.5 Å². The van der Waals surface area contributed by atoms with Crippen LogP contribution in [0.2, 0.25) is 0 Å². The number of esters is 1. The van der Waals surface area contributed by atoms with Crippen molar-refractivity contribution in [3.8, 4) is 5.88 Å². The number of aromatic nitrogens is 1. The highest BCUT2D eigenvalue weighted by Crippen LogP contribution is 2.31. The monoisotopic (exact) mass is 443 g/mol. The van der Waals surface area contributed by atoms with E-state index in [1.54, 1.807) is 43.4 Å². The third kappa shape index (κ3) is 6.36. The summed E-state index contributed by atoms with van der Waals surface area (Å²) in [4.78, 5) is 15.5. The van der Waals surface area contributed by atoms with E-state index in [1.165, 1.54) is 12.1 Å². The molecule has 8 heteroatoms. The SMILES string of the molecule is C=CCC(Oc1nc(C(F)(F)F)ccc1I)C(=O)OC(C)(C)C. The van der Waals surface area contributed by atoms with Crippen molar-refractivity contribution in [3.63, 3.8) is 0 Å². The van der Waals surface area contributed by atoms with E-state index in [4.69, 9.17) is 9.47 Å². The summed E-state index contributed by atoms with van der Waals surface area (Å²) in [6, 6.07) is 2.08. The van der Waals surface area contributed by atoms with Crippen molar-refractivity contribution in [2.24, 2.45) is 0 Å². The molecule has 0 saturated heterocycles. The molecule has 1 unspecified atom stereocenters. The van der Waals surface area contributed by atoms with Gasteiger partial charge in [-0.1, -0.05) is 6.08 Å². The molecule has 128 valence electrons. The molecule has 1 rings (SSSR count). The highest BCUT2D eigenvalue weighted by atomic mass is 127. The third-order valence-electron chi connectivity index (χ3n) is 2.41. The maximum absolute atomic E-state index is 12.7. The first-order chi connectivity index (χ1) is 10.4. The summed E-state index contributed by atoms with van der Waals surface area (Å²) in [6.07, 6.45) is -4.20. The number of carbonyl (C=O) groups excluding carboxylic acids is 1. The third-order valence-corrected chi connectivity index (χ3v) is 3.23.